The number of hydrogen-bond acceptors (Lipinski definition) is 3. The van der Waals surface area contributed by atoms with E-state index in [0.717, 1.165) is 6.42 Å². The lowest BCUT2D eigenvalue weighted by molar-refractivity contribution is -0.146. The SMILES string of the molecule is CC[C@@H](O[Si](C)(C)C(C)(C)C)[C@H](C)[C@H](O[Si](C)(C)C(C)(C)C)[C@@H](C)C(=O)O. The summed E-state index contributed by atoms with van der Waals surface area (Å²) in [6.07, 6.45) is 0.512. The average molecular weight is 419 g/mol. The first kappa shape index (κ1) is 26.8. The van der Waals surface area contributed by atoms with Crippen LogP contribution in [-0.4, -0.2) is 39.9 Å². The van der Waals surface area contributed by atoms with Crippen LogP contribution in [0.4, 0.5) is 0 Å². The predicted molar refractivity (Wildman–Crippen MR) is 120 cm³/mol. The molecular weight excluding hydrogens is 372 g/mol. The smallest absolute Gasteiger partial charge is 0.308 e. The number of rotatable bonds is 9. The molecule has 0 fully saturated rings. The fourth-order valence-corrected chi connectivity index (χ4v) is 5.60. The van der Waals surface area contributed by atoms with Gasteiger partial charge in [-0.05, 0) is 49.6 Å². The number of aliphatic carboxylic acids is 1. The molecule has 0 radical (unpaired) electrons. The van der Waals surface area contributed by atoms with Gasteiger partial charge in [0, 0.05) is 12.0 Å². The molecule has 1 N–H and O–H groups in total. The largest absolute Gasteiger partial charge is 0.481 e. The molecule has 27 heavy (non-hydrogen) atoms. The second-order valence-corrected chi connectivity index (χ2v) is 20.7. The summed E-state index contributed by atoms with van der Waals surface area (Å²) in [4.78, 5) is 11.8. The standard InChI is InChI=1S/C21H46O4Si2/c1-14-17(24-26(10,11)20(4,5)6)15(2)18(16(3)19(22)23)25-27(12,13)21(7,8)9/h15-18H,14H2,1-13H3,(H,22,23)/t15-,16+,17+,18-/m0/s1. The van der Waals surface area contributed by atoms with Crippen molar-refractivity contribution in [2.75, 3.05) is 0 Å². The normalized spacial score (nSPS) is 18.7. The van der Waals surface area contributed by atoms with Crippen LogP contribution >= 0.6 is 0 Å². The third-order valence-electron chi connectivity index (χ3n) is 6.88. The maximum absolute atomic E-state index is 11.8. The summed E-state index contributed by atoms with van der Waals surface area (Å²) >= 11 is 0. The molecular formula is C21H46O4Si2. The zero-order chi connectivity index (χ0) is 22.0. The fourth-order valence-electron chi connectivity index (χ4n) is 2.65. The van der Waals surface area contributed by atoms with Crippen LogP contribution in [0.5, 0.6) is 0 Å². The van der Waals surface area contributed by atoms with Gasteiger partial charge in [-0.1, -0.05) is 55.4 Å². The molecule has 0 amide bonds. The first-order valence-electron chi connectivity index (χ1n) is 10.4. The van der Waals surface area contributed by atoms with E-state index >= 15 is 0 Å². The van der Waals surface area contributed by atoms with Crippen LogP contribution in [-0.2, 0) is 13.6 Å². The van der Waals surface area contributed by atoms with E-state index in [2.05, 4.69) is 81.6 Å². The van der Waals surface area contributed by atoms with Crippen LogP contribution in [0.1, 0.15) is 68.7 Å². The summed E-state index contributed by atoms with van der Waals surface area (Å²) < 4.78 is 13.4. The number of hydrogen-bond donors (Lipinski definition) is 1. The van der Waals surface area contributed by atoms with Crippen molar-refractivity contribution in [2.45, 2.75) is 117 Å². The summed E-state index contributed by atoms with van der Waals surface area (Å²) in [6.45, 7) is 28.2. The van der Waals surface area contributed by atoms with E-state index < -0.39 is 28.5 Å². The van der Waals surface area contributed by atoms with E-state index in [9.17, 15) is 9.90 Å². The predicted octanol–water partition coefficient (Wildman–Crippen LogP) is 6.53. The van der Waals surface area contributed by atoms with Gasteiger partial charge in [-0.25, -0.2) is 0 Å². The Bertz CT molecular complexity index is 489. The monoisotopic (exact) mass is 418 g/mol. The van der Waals surface area contributed by atoms with Crippen LogP contribution in [0, 0.1) is 11.8 Å². The highest BCUT2D eigenvalue weighted by Crippen LogP contribution is 2.42. The minimum atomic E-state index is -2.10. The molecule has 0 aliphatic rings. The fraction of sp³-hybridized carbons (Fsp3) is 0.952. The van der Waals surface area contributed by atoms with Gasteiger partial charge < -0.3 is 14.0 Å². The first-order valence-corrected chi connectivity index (χ1v) is 16.2. The molecule has 4 nitrogen and oxygen atoms in total. The number of carboxylic acid groups (broad SMARTS) is 1. The lowest BCUT2D eigenvalue weighted by Crippen LogP contribution is -2.52. The first-order chi connectivity index (χ1) is 11.8. The Labute approximate surface area is 170 Å². The van der Waals surface area contributed by atoms with Crippen LogP contribution in [0.15, 0.2) is 0 Å². The summed E-state index contributed by atoms with van der Waals surface area (Å²) in [6, 6.07) is 0. The molecule has 0 saturated carbocycles. The van der Waals surface area contributed by atoms with Crippen molar-refractivity contribution in [3.05, 3.63) is 0 Å². The molecule has 0 saturated heterocycles. The van der Waals surface area contributed by atoms with Crippen LogP contribution in [0.2, 0.25) is 36.3 Å². The molecule has 0 aliphatic carbocycles. The van der Waals surface area contributed by atoms with E-state index in [1.54, 1.807) is 6.92 Å². The molecule has 0 heterocycles. The quantitative estimate of drug-likeness (QED) is 0.432. The van der Waals surface area contributed by atoms with Gasteiger partial charge in [-0.3, -0.25) is 4.79 Å². The topological polar surface area (TPSA) is 55.8 Å². The second-order valence-electron chi connectivity index (χ2n) is 11.2. The van der Waals surface area contributed by atoms with E-state index in [1.807, 2.05) is 0 Å². The van der Waals surface area contributed by atoms with Gasteiger partial charge in [-0.2, -0.15) is 0 Å². The third kappa shape index (κ3) is 6.98. The van der Waals surface area contributed by atoms with Crippen molar-refractivity contribution < 1.29 is 18.8 Å². The van der Waals surface area contributed by atoms with Crippen LogP contribution in [0.3, 0.4) is 0 Å². The van der Waals surface area contributed by atoms with Crippen LogP contribution in [0.25, 0.3) is 0 Å². The van der Waals surface area contributed by atoms with E-state index in [0.29, 0.717) is 0 Å². The maximum Gasteiger partial charge on any atom is 0.308 e. The van der Waals surface area contributed by atoms with Crippen molar-refractivity contribution in [1.82, 2.24) is 0 Å². The van der Waals surface area contributed by atoms with Gasteiger partial charge in [0.1, 0.15) is 0 Å². The minimum absolute atomic E-state index is 0.00228. The molecule has 0 spiro atoms. The Morgan fingerprint density at radius 1 is 0.889 bits per heavy atom. The summed E-state index contributed by atoms with van der Waals surface area (Å²) in [5, 5.41) is 9.87. The Balaban J connectivity index is 5.80. The summed E-state index contributed by atoms with van der Waals surface area (Å²) in [5.74, 6) is -1.34. The highest BCUT2D eigenvalue weighted by Gasteiger charge is 2.46. The summed E-state index contributed by atoms with van der Waals surface area (Å²) in [7, 11) is -4.05. The molecule has 0 aromatic carbocycles. The average Bonchev–Trinajstić information content (AvgIpc) is 2.46. The van der Waals surface area contributed by atoms with Crippen molar-refractivity contribution in [1.29, 1.82) is 0 Å². The molecule has 0 unspecified atom stereocenters. The van der Waals surface area contributed by atoms with Crippen molar-refractivity contribution in [2.24, 2.45) is 11.8 Å². The molecule has 0 rings (SSSR count). The Morgan fingerprint density at radius 3 is 1.56 bits per heavy atom. The van der Waals surface area contributed by atoms with Gasteiger partial charge in [0.25, 0.3) is 0 Å². The second kappa shape index (κ2) is 9.10. The molecule has 0 aliphatic heterocycles. The van der Waals surface area contributed by atoms with E-state index in [-0.39, 0.29) is 28.2 Å². The van der Waals surface area contributed by atoms with Gasteiger partial charge >= 0.3 is 5.97 Å². The molecule has 0 bridgehead atoms. The Kier molecular flexibility index (Phi) is 9.04. The van der Waals surface area contributed by atoms with Gasteiger partial charge in [-0.15, -0.1) is 0 Å². The third-order valence-corrected chi connectivity index (χ3v) is 15.9. The zero-order valence-electron chi connectivity index (χ0n) is 20.2. The van der Waals surface area contributed by atoms with Crippen molar-refractivity contribution in [3.8, 4) is 0 Å². The molecule has 162 valence electrons. The molecule has 0 aromatic rings. The summed E-state index contributed by atoms with van der Waals surface area (Å²) in [5.41, 5.74) is 0. The molecule has 0 aromatic heterocycles. The van der Waals surface area contributed by atoms with Crippen molar-refractivity contribution >= 4 is 22.6 Å². The molecule has 4 atom stereocenters. The number of carboxylic acids is 1. The van der Waals surface area contributed by atoms with Crippen LogP contribution < -0.4 is 0 Å². The zero-order valence-corrected chi connectivity index (χ0v) is 22.2. The number of carbonyl (C=O) groups is 1. The van der Waals surface area contributed by atoms with Gasteiger partial charge in [0.05, 0.1) is 12.0 Å². The van der Waals surface area contributed by atoms with E-state index in [4.69, 9.17) is 8.85 Å². The lowest BCUT2D eigenvalue weighted by Gasteiger charge is -2.46. The highest BCUT2D eigenvalue weighted by molar-refractivity contribution is 6.74. The maximum atomic E-state index is 11.8. The van der Waals surface area contributed by atoms with Gasteiger partial charge in [0.15, 0.2) is 16.6 Å². The Hall–Kier alpha value is -0.176. The highest BCUT2D eigenvalue weighted by atomic mass is 28.4. The van der Waals surface area contributed by atoms with Crippen molar-refractivity contribution in [3.63, 3.8) is 0 Å². The lowest BCUT2D eigenvalue weighted by atomic mass is 9.88. The van der Waals surface area contributed by atoms with Gasteiger partial charge in [0.2, 0.25) is 0 Å². The molecule has 6 heteroatoms. The van der Waals surface area contributed by atoms with E-state index in [1.165, 1.54) is 0 Å². The minimum Gasteiger partial charge on any atom is -0.481 e. The Morgan fingerprint density at radius 2 is 1.26 bits per heavy atom.